The molecule has 0 saturated carbocycles. The van der Waals surface area contributed by atoms with E-state index in [-0.39, 0.29) is 18.8 Å². The van der Waals surface area contributed by atoms with Crippen molar-refractivity contribution < 1.29 is 33.5 Å². The number of imide groups is 1. The van der Waals surface area contributed by atoms with Crippen LogP contribution in [0.3, 0.4) is 0 Å². The molecule has 36 heavy (non-hydrogen) atoms. The monoisotopic (exact) mass is 485 g/mol. The van der Waals surface area contributed by atoms with E-state index in [0.29, 0.717) is 10.6 Å². The number of ether oxygens (including phenoxy) is 2. The zero-order valence-corrected chi connectivity index (χ0v) is 20.0. The number of carbonyl (C=O) groups excluding carboxylic acids is 4. The summed E-state index contributed by atoms with van der Waals surface area (Å²) in [5, 5.41) is 0.516. The summed E-state index contributed by atoms with van der Waals surface area (Å²) in [5.41, 5.74) is 4.48. The highest BCUT2D eigenvalue weighted by molar-refractivity contribution is 6.01. The van der Waals surface area contributed by atoms with E-state index in [1.54, 1.807) is 0 Å². The Morgan fingerprint density at radius 2 is 1.39 bits per heavy atom. The van der Waals surface area contributed by atoms with Gasteiger partial charge in [0.05, 0.1) is 5.56 Å². The van der Waals surface area contributed by atoms with E-state index in [1.807, 2.05) is 74.5 Å². The molecule has 1 saturated heterocycles. The van der Waals surface area contributed by atoms with Crippen molar-refractivity contribution in [1.29, 1.82) is 0 Å². The molecule has 0 unspecified atom stereocenters. The third-order valence-electron chi connectivity index (χ3n) is 6.25. The predicted octanol–water partition coefficient (Wildman–Crippen LogP) is 4.48. The number of rotatable bonds is 1. The number of benzene rings is 3. The number of amides is 2. The van der Waals surface area contributed by atoms with Gasteiger partial charge in [-0.25, -0.2) is 9.59 Å². The number of aryl methyl sites for hydroxylation is 2. The quantitative estimate of drug-likeness (QED) is 0.370. The van der Waals surface area contributed by atoms with Gasteiger partial charge in [0.15, 0.2) is 5.60 Å². The Morgan fingerprint density at radius 3 is 1.94 bits per heavy atom. The minimum Gasteiger partial charge on any atom is -0.456 e. The summed E-state index contributed by atoms with van der Waals surface area (Å²) < 4.78 is 12.3. The molecule has 1 spiro atoms. The number of esters is 1. The molecule has 0 bridgehead atoms. The Kier molecular flexibility index (Phi) is 5.59. The molecule has 0 aliphatic carbocycles. The smallest absolute Gasteiger partial charge is 0.340 e. The number of carbonyl (C=O) groups is 4. The van der Waals surface area contributed by atoms with Gasteiger partial charge in [-0.1, -0.05) is 42.5 Å². The second-order valence-electron chi connectivity index (χ2n) is 8.88. The van der Waals surface area contributed by atoms with Crippen molar-refractivity contribution in [3.05, 3.63) is 94.0 Å². The predicted molar refractivity (Wildman–Crippen MR) is 127 cm³/mol. The summed E-state index contributed by atoms with van der Waals surface area (Å²) in [5.74, 6) is -0.384. The van der Waals surface area contributed by atoms with Crippen LogP contribution in [-0.4, -0.2) is 28.8 Å². The summed E-state index contributed by atoms with van der Waals surface area (Å²) in [6.07, 6.45) is 0.262. The highest BCUT2D eigenvalue weighted by atomic mass is 16.7. The SMILES string of the molecule is CC(=O)ON1C(=O)CCC1=O.Cc1ccc2c(c1)Oc1cc(C)ccc1C21OC(=O)c2ccccc21. The van der Waals surface area contributed by atoms with Crippen LogP contribution in [0, 0.1) is 13.8 Å². The Morgan fingerprint density at radius 1 is 0.833 bits per heavy atom. The Hall–Kier alpha value is -4.46. The summed E-state index contributed by atoms with van der Waals surface area (Å²) in [6.45, 7) is 5.19. The third-order valence-corrected chi connectivity index (χ3v) is 6.25. The molecule has 8 heteroatoms. The molecule has 3 heterocycles. The fourth-order valence-electron chi connectivity index (χ4n) is 4.68. The van der Waals surface area contributed by atoms with Gasteiger partial charge in [-0.2, -0.15) is 0 Å². The maximum atomic E-state index is 12.6. The third kappa shape index (κ3) is 3.71. The van der Waals surface area contributed by atoms with Crippen LogP contribution in [0.25, 0.3) is 0 Å². The van der Waals surface area contributed by atoms with Crippen molar-refractivity contribution in [2.75, 3.05) is 0 Å². The average Bonchev–Trinajstić information content (AvgIpc) is 3.31. The van der Waals surface area contributed by atoms with Crippen molar-refractivity contribution >= 4 is 23.8 Å². The molecule has 8 nitrogen and oxygen atoms in total. The van der Waals surface area contributed by atoms with Crippen molar-refractivity contribution in [3.63, 3.8) is 0 Å². The van der Waals surface area contributed by atoms with Gasteiger partial charge in [-0.15, -0.1) is 5.06 Å². The zero-order chi connectivity index (χ0) is 25.6. The molecular weight excluding hydrogens is 462 g/mol. The summed E-state index contributed by atoms with van der Waals surface area (Å²) >= 11 is 0. The molecule has 0 aromatic heterocycles. The first-order valence-electron chi connectivity index (χ1n) is 11.5. The lowest BCUT2D eigenvalue weighted by Gasteiger charge is -2.36. The molecule has 3 aliphatic heterocycles. The fourth-order valence-corrected chi connectivity index (χ4v) is 4.68. The standard InChI is InChI=1S/C22H16O3.C6H7NO4/c1-13-7-9-17-19(11-13)24-20-12-14(2)8-10-18(20)22(17)16-6-4-3-5-15(16)21(23)25-22;1-4(8)11-7-5(9)2-3-6(7)10/h3-12H,1-2H3;2-3H2,1H3. The highest BCUT2D eigenvalue weighted by Crippen LogP contribution is 2.56. The molecule has 6 rings (SSSR count). The first-order valence-corrected chi connectivity index (χ1v) is 11.5. The van der Waals surface area contributed by atoms with Crippen LogP contribution in [0.5, 0.6) is 11.5 Å². The van der Waals surface area contributed by atoms with Crippen molar-refractivity contribution in [2.24, 2.45) is 0 Å². The number of hydroxylamine groups is 2. The molecule has 3 aromatic carbocycles. The highest BCUT2D eigenvalue weighted by Gasteiger charge is 2.53. The van der Waals surface area contributed by atoms with Crippen LogP contribution >= 0.6 is 0 Å². The molecule has 1 fully saturated rings. The lowest BCUT2D eigenvalue weighted by molar-refractivity contribution is -0.195. The van der Waals surface area contributed by atoms with Crippen LogP contribution in [0.2, 0.25) is 0 Å². The van der Waals surface area contributed by atoms with E-state index in [4.69, 9.17) is 9.47 Å². The molecule has 0 atom stereocenters. The molecule has 3 aliphatic rings. The van der Waals surface area contributed by atoms with Gasteiger partial charge in [-0.05, 0) is 43.2 Å². The zero-order valence-electron chi connectivity index (χ0n) is 20.0. The van der Waals surface area contributed by atoms with Crippen LogP contribution in [0.1, 0.15) is 57.9 Å². The minimum absolute atomic E-state index is 0.131. The van der Waals surface area contributed by atoms with Crippen LogP contribution in [0.15, 0.2) is 60.7 Å². The van der Waals surface area contributed by atoms with E-state index in [0.717, 1.165) is 46.2 Å². The molecular formula is C28H23NO7. The van der Waals surface area contributed by atoms with Crippen molar-refractivity contribution in [2.45, 2.75) is 39.2 Å². The van der Waals surface area contributed by atoms with Gasteiger partial charge in [0.1, 0.15) is 11.5 Å². The van der Waals surface area contributed by atoms with Gasteiger partial charge in [0.25, 0.3) is 11.8 Å². The van der Waals surface area contributed by atoms with Gasteiger partial charge < -0.3 is 14.3 Å². The average molecular weight is 485 g/mol. The Bertz CT molecular complexity index is 1370. The molecule has 0 radical (unpaired) electrons. The van der Waals surface area contributed by atoms with Crippen molar-refractivity contribution in [1.82, 2.24) is 5.06 Å². The largest absolute Gasteiger partial charge is 0.456 e. The van der Waals surface area contributed by atoms with Gasteiger partial charge in [0, 0.05) is 36.5 Å². The normalized spacial score (nSPS) is 16.3. The van der Waals surface area contributed by atoms with Crippen LogP contribution in [0.4, 0.5) is 0 Å². The summed E-state index contributed by atoms with van der Waals surface area (Å²) in [7, 11) is 0. The van der Waals surface area contributed by atoms with E-state index >= 15 is 0 Å². The van der Waals surface area contributed by atoms with E-state index in [9.17, 15) is 19.2 Å². The van der Waals surface area contributed by atoms with Gasteiger partial charge >= 0.3 is 11.9 Å². The second kappa shape index (κ2) is 8.64. The summed E-state index contributed by atoms with van der Waals surface area (Å²) in [6, 6.07) is 19.7. The first kappa shape index (κ1) is 23.3. The molecule has 2 amide bonds. The van der Waals surface area contributed by atoms with E-state index in [2.05, 4.69) is 4.84 Å². The second-order valence-corrected chi connectivity index (χ2v) is 8.88. The Balaban J connectivity index is 0.000000205. The van der Waals surface area contributed by atoms with Crippen molar-refractivity contribution in [3.8, 4) is 11.5 Å². The maximum absolute atomic E-state index is 12.6. The topological polar surface area (TPSA) is 99.2 Å². The van der Waals surface area contributed by atoms with Gasteiger partial charge in [-0.3, -0.25) is 9.59 Å². The summed E-state index contributed by atoms with van der Waals surface area (Å²) in [4.78, 5) is 48.8. The van der Waals surface area contributed by atoms with E-state index < -0.39 is 23.4 Å². The number of hydrogen-bond donors (Lipinski definition) is 0. The molecule has 3 aromatic rings. The fraction of sp³-hybridized carbons (Fsp3) is 0.214. The maximum Gasteiger partial charge on any atom is 0.340 e. The van der Waals surface area contributed by atoms with Crippen LogP contribution < -0.4 is 4.74 Å². The molecule has 0 N–H and O–H groups in total. The van der Waals surface area contributed by atoms with Gasteiger partial charge in [0.2, 0.25) is 0 Å². The number of nitrogens with zero attached hydrogens (tertiary/aromatic N) is 1. The minimum atomic E-state index is -0.946. The van der Waals surface area contributed by atoms with Crippen LogP contribution in [-0.2, 0) is 29.6 Å². The Labute approximate surface area is 207 Å². The lowest BCUT2D eigenvalue weighted by Crippen LogP contribution is -2.33. The lowest BCUT2D eigenvalue weighted by atomic mass is 9.77. The number of fused-ring (bicyclic) bond motifs is 6. The number of hydrogen-bond acceptors (Lipinski definition) is 7. The van der Waals surface area contributed by atoms with E-state index in [1.165, 1.54) is 0 Å². The first-order chi connectivity index (χ1) is 17.2. The molecule has 182 valence electrons.